The maximum Gasteiger partial charge on any atom is 0.416 e. The van der Waals surface area contributed by atoms with Gasteiger partial charge in [-0.25, -0.2) is 0 Å². The van der Waals surface area contributed by atoms with Crippen molar-refractivity contribution in [1.82, 2.24) is 9.80 Å². The van der Waals surface area contributed by atoms with E-state index in [1.165, 1.54) is 25.0 Å². The average Bonchev–Trinajstić information content (AvgIpc) is 2.83. The monoisotopic (exact) mass is 477 g/mol. The maximum atomic E-state index is 13.4. The number of anilines is 2. The molecule has 0 saturated carbocycles. The molecule has 3 aliphatic heterocycles. The molecular formula is C25H30F3N3OS. The largest absolute Gasteiger partial charge is 0.416 e. The van der Waals surface area contributed by atoms with Gasteiger partial charge in [-0.2, -0.15) is 13.2 Å². The fourth-order valence-corrected chi connectivity index (χ4v) is 6.23. The van der Waals surface area contributed by atoms with Crippen LogP contribution in [0, 0.1) is 0 Å². The number of benzene rings is 2. The highest BCUT2D eigenvalue weighted by Crippen LogP contribution is 2.49. The molecule has 2 saturated heterocycles. The summed E-state index contributed by atoms with van der Waals surface area (Å²) in [7, 11) is 0. The molecular weight excluding hydrogens is 447 g/mol. The first-order valence-corrected chi connectivity index (χ1v) is 12.6. The second-order valence-electron chi connectivity index (χ2n) is 8.98. The Morgan fingerprint density at radius 3 is 2.36 bits per heavy atom. The molecule has 0 unspecified atom stereocenters. The predicted octanol–water partition coefficient (Wildman–Crippen LogP) is 5.49. The second kappa shape index (κ2) is 9.86. The molecule has 0 bridgehead atoms. The molecule has 0 atom stereocenters. The predicted molar refractivity (Wildman–Crippen MR) is 125 cm³/mol. The van der Waals surface area contributed by atoms with Crippen LogP contribution >= 0.6 is 11.8 Å². The van der Waals surface area contributed by atoms with Crippen LogP contribution in [0.4, 0.5) is 24.5 Å². The number of halogens is 3. The third-order valence-corrected chi connectivity index (χ3v) is 8.06. The van der Waals surface area contributed by atoms with Gasteiger partial charge in [0.1, 0.15) is 0 Å². The minimum atomic E-state index is -4.34. The molecule has 3 aliphatic rings. The zero-order valence-electron chi connectivity index (χ0n) is 18.7. The number of para-hydroxylation sites is 1. The lowest BCUT2D eigenvalue weighted by molar-refractivity contribution is -0.137. The fourth-order valence-electron chi connectivity index (χ4n) is 5.15. The first-order chi connectivity index (χ1) is 16.0. The van der Waals surface area contributed by atoms with Gasteiger partial charge < -0.3 is 14.5 Å². The van der Waals surface area contributed by atoms with Crippen molar-refractivity contribution in [3.05, 3.63) is 48.0 Å². The topological polar surface area (TPSA) is 19.0 Å². The standard InChI is InChI=1S/C25H30F3N3OS/c26-25(27,28)19-6-7-24-22(18-19)31(21-4-1-2-5-23(21)33-24)11-3-10-29-12-8-20(9-13-29)30-14-16-32-17-15-30/h1-2,4-7,18,20H,3,8-17H2. The molecule has 0 N–H and O–H groups in total. The molecule has 2 aromatic rings. The summed E-state index contributed by atoms with van der Waals surface area (Å²) in [6, 6.07) is 12.8. The van der Waals surface area contributed by atoms with Crippen molar-refractivity contribution >= 4 is 23.1 Å². The van der Waals surface area contributed by atoms with E-state index in [-0.39, 0.29) is 0 Å². The van der Waals surface area contributed by atoms with Crippen molar-refractivity contribution < 1.29 is 17.9 Å². The third kappa shape index (κ3) is 5.19. The summed E-state index contributed by atoms with van der Waals surface area (Å²) in [6.45, 7) is 7.60. The molecule has 4 nitrogen and oxygen atoms in total. The smallest absolute Gasteiger partial charge is 0.379 e. The third-order valence-electron chi connectivity index (χ3n) is 6.93. The Kier molecular flexibility index (Phi) is 6.88. The molecule has 0 spiro atoms. The molecule has 0 amide bonds. The summed E-state index contributed by atoms with van der Waals surface area (Å²) >= 11 is 1.55. The SMILES string of the molecule is FC(F)(F)c1ccc2c(c1)N(CCCN1CCC(N3CCOCC3)CC1)c1ccccc1S2. The van der Waals surface area contributed by atoms with Gasteiger partial charge in [0.2, 0.25) is 0 Å². The summed E-state index contributed by atoms with van der Waals surface area (Å²) in [5.41, 5.74) is 1.08. The van der Waals surface area contributed by atoms with E-state index in [9.17, 15) is 13.2 Å². The molecule has 2 aromatic carbocycles. The van der Waals surface area contributed by atoms with Crippen molar-refractivity contribution in [3.63, 3.8) is 0 Å². The van der Waals surface area contributed by atoms with Gasteiger partial charge in [-0.3, -0.25) is 4.90 Å². The number of hydrogen-bond acceptors (Lipinski definition) is 5. The Labute approximate surface area is 197 Å². The van der Waals surface area contributed by atoms with E-state index in [1.54, 1.807) is 17.8 Å². The number of alkyl halides is 3. The normalized spacial score (nSPS) is 20.5. The summed E-state index contributed by atoms with van der Waals surface area (Å²) < 4.78 is 45.7. The van der Waals surface area contributed by atoms with E-state index < -0.39 is 11.7 Å². The highest BCUT2D eigenvalue weighted by Gasteiger charge is 2.33. The Morgan fingerprint density at radius 2 is 1.61 bits per heavy atom. The zero-order valence-corrected chi connectivity index (χ0v) is 19.5. The van der Waals surface area contributed by atoms with Crippen LogP contribution in [0.5, 0.6) is 0 Å². The molecule has 0 radical (unpaired) electrons. The number of ether oxygens (including phenoxy) is 1. The van der Waals surface area contributed by atoms with Gasteiger partial charge in [0.15, 0.2) is 0 Å². The van der Waals surface area contributed by atoms with Crippen LogP contribution in [-0.4, -0.2) is 68.3 Å². The first kappa shape index (κ1) is 23.0. The van der Waals surface area contributed by atoms with Crippen molar-refractivity contribution in [3.8, 4) is 0 Å². The van der Waals surface area contributed by atoms with Crippen LogP contribution in [-0.2, 0) is 10.9 Å². The summed E-state index contributed by atoms with van der Waals surface area (Å²) in [4.78, 5) is 9.13. The van der Waals surface area contributed by atoms with E-state index in [0.29, 0.717) is 18.3 Å². The van der Waals surface area contributed by atoms with Gasteiger partial charge in [0.05, 0.1) is 30.2 Å². The number of rotatable bonds is 5. The lowest BCUT2D eigenvalue weighted by Crippen LogP contribution is -2.49. The second-order valence-corrected chi connectivity index (χ2v) is 10.1. The minimum Gasteiger partial charge on any atom is -0.379 e. The van der Waals surface area contributed by atoms with Gasteiger partial charge in [-0.15, -0.1) is 0 Å². The molecule has 0 aromatic heterocycles. The molecule has 5 rings (SSSR count). The van der Waals surface area contributed by atoms with Gasteiger partial charge >= 0.3 is 6.18 Å². The van der Waals surface area contributed by atoms with Crippen LogP contribution in [0.2, 0.25) is 0 Å². The van der Waals surface area contributed by atoms with Gasteiger partial charge in [0.25, 0.3) is 0 Å². The number of likely N-dealkylation sites (tertiary alicyclic amines) is 1. The van der Waals surface area contributed by atoms with E-state index in [1.807, 2.05) is 24.3 Å². The van der Waals surface area contributed by atoms with E-state index >= 15 is 0 Å². The van der Waals surface area contributed by atoms with Crippen LogP contribution in [0.3, 0.4) is 0 Å². The lowest BCUT2D eigenvalue weighted by Gasteiger charge is -2.40. The Balaban J connectivity index is 1.23. The van der Waals surface area contributed by atoms with Gasteiger partial charge in [-0.05, 0) is 69.2 Å². The number of morpholine rings is 1. The molecule has 178 valence electrons. The number of piperidine rings is 1. The molecule has 3 heterocycles. The highest BCUT2D eigenvalue weighted by atomic mass is 32.2. The molecule has 8 heteroatoms. The number of hydrogen-bond donors (Lipinski definition) is 0. The quantitative estimate of drug-likeness (QED) is 0.565. The van der Waals surface area contributed by atoms with E-state index in [4.69, 9.17) is 4.74 Å². The Bertz CT molecular complexity index is 956. The Morgan fingerprint density at radius 1 is 0.879 bits per heavy atom. The van der Waals surface area contributed by atoms with E-state index in [2.05, 4.69) is 14.7 Å². The van der Waals surface area contributed by atoms with Crippen molar-refractivity contribution in [2.75, 3.05) is 57.4 Å². The van der Waals surface area contributed by atoms with E-state index in [0.717, 1.165) is 67.8 Å². The van der Waals surface area contributed by atoms with Crippen LogP contribution in [0.1, 0.15) is 24.8 Å². The van der Waals surface area contributed by atoms with Crippen LogP contribution in [0.15, 0.2) is 52.3 Å². The summed E-state index contributed by atoms with van der Waals surface area (Å²) in [6.07, 6.45) is -1.06. The highest BCUT2D eigenvalue weighted by molar-refractivity contribution is 7.99. The Hall–Kier alpha value is -1.74. The van der Waals surface area contributed by atoms with Crippen molar-refractivity contribution in [1.29, 1.82) is 0 Å². The minimum absolute atomic E-state index is 0.587. The summed E-state index contributed by atoms with van der Waals surface area (Å²) in [5, 5.41) is 0. The fraction of sp³-hybridized carbons (Fsp3) is 0.520. The first-order valence-electron chi connectivity index (χ1n) is 11.8. The van der Waals surface area contributed by atoms with Crippen LogP contribution < -0.4 is 4.90 Å². The molecule has 33 heavy (non-hydrogen) atoms. The maximum absolute atomic E-state index is 13.4. The van der Waals surface area contributed by atoms with Gasteiger partial charge in [-0.1, -0.05) is 23.9 Å². The van der Waals surface area contributed by atoms with Gasteiger partial charge in [0, 0.05) is 35.5 Å². The summed E-state index contributed by atoms with van der Waals surface area (Å²) in [5.74, 6) is 0. The average molecular weight is 478 g/mol. The van der Waals surface area contributed by atoms with Crippen molar-refractivity contribution in [2.24, 2.45) is 0 Å². The van der Waals surface area contributed by atoms with Crippen molar-refractivity contribution in [2.45, 2.75) is 41.3 Å². The number of nitrogens with zero attached hydrogens (tertiary/aromatic N) is 3. The lowest BCUT2D eigenvalue weighted by atomic mass is 10.0. The molecule has 0 aliphatic carbocycles. The van der Waals surface area contributed by atoms with Crippen LogP contribution in [0.25, 0.3) is 0 Å². The molecule has 2 fully saturated rings. The number of fused-ring (bicyclic) bond motifs is 2. The zero-order chi connectivity index (χ0) is 22.8.